The lowest BCUT2D eigenvalue weighted by atomic mass is 10.0. The molecule has 0 saturated carbocycles. The fraction of sp³-hybridized carbons (Fsp3) is 0.250. The normalized spacial score (nSPS) is 23.6. The molecule has 0 aromatic heterocycles. The molecule has 5 nitrogen and oxygen atoms in total. The summed E-state index contributed by atoms with van der Waals surface area (Å²) >= 11 is 3.22. The average Bonchev–Trinajstić information content (AvgIpc) is 2.59. The van der Waals surface area contributed by atoms with Crippen LogP contribution in [0.5, 0.6) is 0 Å². The highest BCUT2D eigenvalue weighted by atomic mass is 79.9. The first-order valence-corrected chi connectivity index (χ1v) is 4.67. The second-order valence-corrected chi connectivity index (χ2v) is 3.47. The minimum Gasteiger partial charge on any atom is -0.468 e. The zero-order chi connectivity index (χ0) is 10.1. The van der Waals surface area contributed by atoms with Gasteiger partial charge in [0.15, 0.2) is 5.84 Å². The number of halogens is 1. The van der Waals surface area contributed by atoms with Gasteiger partial charge in [0.1, 0.15) is 10.5 Å². The third-order valence-electron chi connectivity index (χ3n) is 1.87. The van der Waals surface area contributed by atoms with Crippen LogP contribution in [-0.2, 0) is 9.53 Å². The van der Waals surface area contributed by atoms with Crippen LogP contribution in [0.4, 0.5) is 0 Å². The van der Waals surface area contributed by atoms with Crippen LogP contribution in [0.1, 0.15) is 0 Å². The Bertz CT molecular complexity index is 409. The maximum atomic E-state index is 11.2. The number of nitrogens with zero attached hydrogens (tertiary/aromatic N) is 3. The van der Waals surface area contributed by atoms with E-state index in [0.717, 1.165) is 5.57 Å². The van der Waals surface area contributed by atoms with Gasteiger partial charge in [-0.15, -0.1) is 10.2 Å². The molecule has 0 radical (unpaired) electrons. The highest BCUT2D eigenvalue weighted by molar-refractivity contribution is 9.18. The van der Waals surface area contributed by atoms with Crippen molar-refractivity contribution in [3.8, 4) is 0 Å². The van der Waals surface area contributed by atoms with Crippen LogP contribution in [0.25, 0.3) is 0 Å². The van der Waals surface area contributed by atoms with E-state index >= 15 is 0 Å². The van der Waals surface area contributed by atoms with Crippen LogP contribution in [0.3, 0.4) is 0 Å². The molecule has 1 atom stereocenters. The molecule has 0 unspecified atom stereocenters. The summed E-state index contributed by atoms with van der Waals surface area (Å²) in [6.45, 7) is 0. The SMILES string of the molecule is COC(=O)[C@@H]1C=NC2=NN=C(Br)C2=C1. The van der Waals surface area contributed by atoms with Crippen molar-refractivity contribution in [3.05, 3.63) is 11.6 Å². The van der Waals surface area contributed by atoms with E-state index in [2.05, 4.69) is 35.9 Å². The van der Waals surface area contributed by atoms with Gasteiger partial charge in [-0.1, -0.05) is 6.08 Å². The van der Waals surface area contributed by atoms with E-state index in [0.29, 0.717) is 10.5 Å². The Kier molecular flexibility index (Phi) is 2.28. The van der Waals surface area contributed by atoms with Gasteiger partial charge in [0, 0.05) is 6.21 Å². The fourth-order valence-corrected chi connectivity index (χ4v) is 1.56. The highest BCUT2D eigenvalue weighted by Gasteiger charge is 2.26. The van der Waals surface area contributed by atoms with E-state index in [1.165, 1.54) is 13.3 Å². The number of carbonyl (C=O) groups is 1. The second-order valence-electron chi connectivity index (χ2n) is 2.72. The molecule has 0 fully saturated rings. The summed E-state index contributed by atoms with van der Waals surface area (Å²) in [6, 6.07) is 0. The number of amidine groups is 1. The molecule has 2 aliphatic heterocycles. The standard InChI is InChI=1S/C8H6BrN3O2/c1-14-8(13)4-2-5-6(9)11-12-7(5)10-3-4/h2-4H,1H3/t4-/m0/s1. The van der Waals surface area contributed by atoms with Crippen molar-refractivity contribution >= 4 is 38.6 Å². The van der Waals surface area contributed by atoms with Crippen molar-refractivity contribution < 1.29 is 9.53 Å². The minimum atomic E-state index is -0.449. The number of esters is 1. The van der Waals surface area contributed by atoms with Crippen molar-refractivity contribution in [2.75, 3.05) is 7.11 Å². The average molecular weight is 256 g/mol. The van der Waals surface area contributed by atoms with Crippen LogP contribution in [0.15, 0.2) is 26.8 Å². The summed E-state index contributed by atoms with van der Waals surface area (Å²) < 4.78 is 5.20. The zero-order valence-corrected chi connectivity index (χ0v) is 8.85. The predicted octanol–water partition coefficient (Wildman–Crippen LogP) is 0.907. The van der Waals surface area contributed by atoms with Crippen LogP contribution in [-0.4, -0.2) is 29.8 Å². The number of dihydropyridines is 1. The predicted molar refractivity (Wildman–Crippen MR) is 55.9 cm³/mol. The Morgan fingerprint density at radius 2 is 2.36 bits per heavy atom. The van der Waals surface area contributed by atoms with Crippen molar-refractivity contribution in [3.63, 3.8) is 0 Å². The Balaban J connectivity index is 2.29. The third kappa shape index (κ3) is 1.41. The smallest absolute Gasteiger partial charge is 0.318 e. The number of hydrogen-bond acceptors (Lipinski definition) is 5. The summed E-state index contributed by atoms with van der Waals surface area (Å²) in [5.74, 6) is -0.265. The molecular formula is C8H6BrN3O2. The molecular weight excluding hydrogens is 250 g/mol. The lowest BCUT2D eigenvalue weighted by molar-refractivity contribution is -0.141. The molecule has 14 heavy (non-hydrogen) atoms. The van der Waals surface area contributed by atoms with Gasteiger partial charge < -0.3 is 4.74 Å². The second kappa shape index (κ2) is 3.45. The van der Waals surface area contributed by atoms with Gasteiger partial charge in [0.25, 0.3) is 0 Å². The zero-order valence-electron chi connectivity index (χ0n) is 7.27. The number of rotatable bonds is 1. The largest absolute Gasteiger partial charge is 0.468 e. The van der Waals surface area contributed by atoms with Crippen molar-refractivity contribution in [2.24, 2.45) is 21.1 Å². The molecule has 0 bridgehead atoms. The number of hydrogen-bond donors (Lipinski definition) is 0. The molecule has 0 amide bonds. The van der Waals surface area contributed by atoms with Crippen LogP contribution in [0.2, 0.25) is 0 Å². The van der Waals surface area contributed by atoms with E-state index in [1.54, 1.807) is 6.08 Å². The Morgan fingerprint density at radius 3 is 3.07 bits per heavy atom. The van der Waals surface area contributed by atoms with Crippen LogP contribution < -0.4 is 0 Å². The molecule has 0 aromatic carbocycles. The molecule has 0 saturated heterocycles. The molecule has 0 aromatic rings. The van der Waals surface area contributed by atoms with E-state index < -0.39 is 5.92 Å². The molecule has 2 aliphatic rings. The number of fused-ring (bicyclic) bond motifs is 1. The highest BCUT2D eigenvalue weighted by Crippen LogP contribution is 2.21. The molecule has 2 rings (SSSR count). The minimum absolute atomic E-state index is 0.340. The summed E-state index contributed by atoms with van der Waals surface area (Å²) in [5, 5.41) is 7.59. The van der Waals surface area contributed by atoms with Gasteiger partial charge in [0.2, 0.25) is 0 Å². The third-order valence-corrected chi connectivity index (χ3v) is 2.46. The summed E-state index contributed by atoms with van der Waals surface area (Å²) in [5.41, 5.74) is 0.739. The summed E-state index contributed by atoms with van der Waals surface area (Å²) in [6.07, 6.45) is 3.22. The van der Waals surface area contributed by atoms with E-state index in [-0.39, 0.29) is 5.97 Å². The van der Waals surface area contributed by atoms with Gasteiger partial charge in [-0.2, -0.15) is 0 Å². The molecule has 6 heteroatoms. The molecule has 0 aliphatic carbocycles. The first kappa shape index (κ1) is 9.26. The summed E-state index contributed by atoms with van der Waals surface area (Å²) in [7, 11) is 1.34. The lowest BCUT2D eigenvalue weighted by Gasteiger charge is -2.10. The van der Waals surface area contributed by atoms with Gasteiger partial charge in [-0.05, 0) is 15.9 Å². The monoisotopic (exact) mass is 255 g/mol. The van der Waals surface area contributed by atoms with Gasteiger partial charge in [-0.25, -0.2) is 4.99 Å². The number of methoxy groups -OCH3 is 1. The van der Waals surface area contributed by atoms with E-state index in [4.69, 9.17) is 0 Å². The molecule has 72 valence electrons. The van der Waals surface area contributed by atoms with Gasteiger partial charge in [0.05, 0.1) is 12.7 Å². The maximum absolute atomic E-state index is 11.2. The van der Waals surface area contributed by atoms with E-state index in [1.807, 2.05) is 0 Å². The number of ether oxygens (including phenoxy) is 1. The van der Waals surface area contributed by atoms with E-state index in [9.17, 15) is 4.79 Å². The summed E-state index contributed by atoms with van der Waals surface area (Å²) in [4.78, 5) is 15.2. The van der Waals surface area contributed by atoms with Crippen molar-refractivity contribution in [2.45, 2.75) is 0 Å². The van der Waals surface area contributed by atoms with Gasteiger partial charge >= 0.3 is 5.97 Å². The quantitative estimate of drug-likeness (QED) is 0.654. The van der Waals surface area contributed by atoms with Crippen LogP contribution in [0, 0.1) is 5.92 Å². The lowest BCUT2D eigenvalue weighted by Crippen LogP contribution is -2.21. The van der Waals surface area contributed by atoms with Crippen LogP contribution >= 0.6 is 15.9 Å². The molecule has 0 N–H and O–H groups in total. The van der Waals surface area contributed by atoms with Crippen molar-refractivity contribution in [1.29, 1.82) is 0 Å². The maximum Gasteiger partial charge on any atom is 0.318 e. The topological polar surface area (TPSA) is 63.4 Å². The molecule has 2 heterocycles. The Labute approximate surface area is 88.4 Å². The van der Waals surface area contributed by atoms with Crippen molar-refractivity contribution in [1.82, 2.24) is 0 Å². The number of carbonyl (C=O) groups excluding carboxylic acids is 1. The first-order valence-electron chi connectivity index (χ1n) is 3.88. The molecule has 0 spiro atoms. The number of aliphatic imine (C=N–C) groups is 1. The first-order chi connectivity index (χ1) is 6.72. The Morgan fingerprint density at radius 1 is 1.57 bits per heavy atom. The van der Waals surface area contributed by atoms with Gasteiger partial charge in [-0.3, -0.25) is 4.79 Å². The fourth-order valence-electron chi connectivity index (χ4n) is 1.17. The Hall–Kier alpha value is -1.30.